The fourth-order valence-corrected chi connectivity index (χ4v) is 2.14. The average molecular weight is 244 g/mol. The van der Waals surface area contributed by atoms with Crippen molar-refractivity contribution in [3.8, 4) is 0 Å². The third-order valence-corrected chi connectivity index (χ3v) is 2.98. The molecule has 0 fully saturated rings. The second kappa shape index (κ2) is 5.78. The monoisotopic (exact) mass is 244 g/mol. The van der Waals surface area contributed by atoms with E-state index < -0.39 is 0 Å². The Balaban J connectivity index is 2.25. The van der Waals surface area contributed by atoms with Crippen LogP contribution in [0.1, 0.15) is 36.1 Å². The highest BCUT2D eigenvalue weighted by Crippen LogP contribution is 2.11. The van der Waals surface area contributed by atoms with E-state index in [1.54, 1.807) is 0 Å². The number of aromatic nitrogens is 3. The molecule has 0 saturated carbocycles. The molecule has 0 bridgehead atoms. The predicted octanol–water partition coefficient (Wildman–Crippen LogP) is 2.05. The fourth-order valence-electron chi connectivity index (χ4n) is 2.14. The first-order valence-electron chi connectivity index (χ1n) is 6.41. The smallest absolute Gasteiger partial charge is 0.146 e. The maximum absolute atomic E-state index is 5.69. The molecule has 0 saturated heterocycles. The minimum absolute atomic E-state index is 0.445. The van der Waals surface area contributed by atoms with Crippen molar-refractivity contribution in [2.75, 3.05) is 0 Å². The minimum Gasteiger partial charge on any atom is -0.324 e. The van der Waals surface area contributed by atoms with Crippen molar-refractivity contribution in [3.05, 3.63) is 47.0 Å². The van der Waals surface area contributed by atoms with Gasteiger partial charge in [-0.1, -0.05) is 36.8 Å². The summed E-state index contributed by atoms with van der Waals surface area (Å²) in [6, 6.07) is 8.49. The average Bonchev–Trinajstić information content (AvgIpc) is 2.72. The molecule has 1 aromatic heterocycles. The molecule has 2 aromatic rings. The Hall–Kier alpha value is -1.68. The maximum atomic E-state index is 5.69. The van der Waals surface area contributed by atoms with Gasteiger partial charge in [-0.25, -0.2) is 0 Å². The SMILES string of the molecule is CCCn1c(CN)nnc1Cc1cccc(C)c1. The number of benzene rings is 1. The molecule has 0 aliphatic carbocycles. The molecule has 1 aromatic carbocycles. The summed E-state index contributed by atoms with van der Waals surface area (Å²) >= 11 is 0. The van der Waals surface area contributed by atoms with E-state index in [0.29, 0.717) is 6.54 Å². The summed E-state index contributed by atoms with van der Waals surface area (Å²) in [7, 11) is 0. The molecule has 0 atom stereocenters. The Kier molecular flexibility index (Phi) is 4.10. The molecule has 0 aliphatic rings. The minimum atomic E-state index is 0.445. The van der Waals surface area contributed by atoms with Gasteiger partial charge in [0.1, 0.15) is 11.6 Å². The van der Waals surface area contributed by atoms with Gasteiger partial charge in [-0.3, -0.25) is 0 Å². The highest BCUT2D eigenvalue weighted by atomic mass is 15.3. The summed E-state index contributed by atoms with van der Waals surface area (Å²) in [5.74, 6) is 1.88. The largest absolute Gasteiger partial charge is 0.324 e. The van der Waals surface area contributed by atoms with Gasteiger partial charge in [0.2, 0.25) is 0 Å². The number of rotatable bonds is 5. The Morgan fingerprint density at radius 2 is 2.00 bits per heavy atom. The summed E-state index contributed by atoms with van der Waals surface area (Å²) in [5, 5.41) is 8.42. The number of nitrogens with zero attached hydrogens (tertiary/aromatic N) is 3. The molecule has 0 aliphatic heterocycles. The molecule has 0 amide bonds. The number of nitrogens with two attached hydrogens (primary N) is 1. The first-order chi connectivity index (χ1) is 8.74. The van der Waals surface area contributed by atoms with Crippen LogP contribution in [0.2, 0.25) is 0 Å². The van der Waals surface area contributed by atoms with E-state index >= 15 is 0 Å². The van der Waals surface area contributed by atoms with Crippen LogP contribution in [-0.4, -0.2) is 14.8 Å². The molecule has 18 heavy (non-hydrogen) atoms. The van der Waals surface area contributed by atoms with Crippen molar-refractivity contribution in [1.29, 1.82) is 0 Å². The lowest BCUT2D eigenvalue weighted by Gasteiger charge is -2.08. The van der Waals surface area contributed by atoms with Crippen LogP contribution < -0.4 is 5.73 Å². The molecule has 4 heteroatoms. The van der Waals surface area contributed by atoms with Crippen molar-refractivity contribution in [1.82, 2.24) is 14.8 Å². The standard InChI is InChI=1S/C14H20N4/c1-3-7-18-13(16-17-14(18)10-15)9-12-6-4-5-11(2)8-12/h4-6,8H,3,7,9-10,15H2,1-2H3. The lowest BCUT2D eigenvalue weighted by atomic mass is 10.1. The van der Waals surface area contributed by atoms with Gasteiger partial charge in [0.15, 0.2) is 0 Å². The second-order valence-electron chi connectivity index (χ2n) is 4.55. The summed E-state index contributed by atoms with van der Waals surface area (Å²) in [6.07, 6.45) is 1.88. The van der Waals surface area contributed by atoms with Crippen molar-refractivity contribution < 1.29 is 0 Å². The molecule has 0 unspecified atom stereocenters. The molecule has 0 radical (unpaired) electrons. The van der Waals surface area contributed by atoms with Crippen LogP contribution >= 0.6 is 0 Å². The van der Waals surface area contributed by atoms with E-state index in [9.17, 15) is 0 Å². The number of aryl methyl sites for hydroxylation is 1. The first kappa shape index (κ1) is 12.8. The third-order valence-electron chi connectivity index (χ3n) is 2.98. The molecule has 2 N–H and O–H groups in total. The van der Waals surface area contributed by atoms with Crippen LogP contribution in [0, 0.1) is 6.92 Å². The molecular formula is C14H20N4. The third kappa shape index (κ3) is 2.76. The normalized spacial score (nSPS) is 10.8. The highest BCUT2D eigenvalue weighted by molar-refractivity contribution is 5.25. The molecule has 1 heterocycles. The predicted molar refractivity (Wildman–Crippen MR) is 72.2 cm³/mol. The summed E-state index contributed by atoms with van der Waals surface area (Å²) in [4.78, 5) is 0. The van der Waals surface area contributed by atoms with E-state index in [1.165, 1.54) is 11.1 Å². The van der Waals surface area contributed by atoms with Crippen molar-refractivity contribution in [3.63, 3.8) is 0 Å². The van der Waals surface area contributed by atoms with Gasteiger partial charge in [0.25, 0.3) is 0 Å². The summed E-state index contributed by atoms with van der Waals surface area (Å²) in [5.41, 5.74) is 8.23. The summed E-state index contributed by atoms with van der Waals surface area (Å²) < 4.78 is 2.14. The van der Waals surface area contributed by atoms with E-state index in [0.717, 1.165) is 31.0 Å². The van der Waals surface area contributed by atoms with Gasteiger partial charge in [-0.05, 0) is 18.9 Å². The zero-order valence-electron chi connectivity index (χ0n) is 11.1. The Bertz CT molecular complexity index is 516. The zero-order valence-corrected chi connectivity index (χ0v) is 11.1. The lowest BCUT2D eigenvalue weighted by molar-refractivity contribution is 0.615. The van der Waals surface area contributed by atoms with Crippen molar-refractivity contribution >= 4 is 0 Å². The summed E-state index contributed by atoms with van der Waals surface area (Å²) in [6.45, 7) is 5.63. The maximum Gasteiger partial charge on any atom is 0.146 e. The highest BCUT2D eigenvalue weighted by Gasteiger charge is 2.10. The number of hydrogen-bond acceptors (Lipinski definition) is 3. The molecule has 4 nitrogen and oxygen atoms in total. The Labute approximate surface area is 108 Å². The van der Waals surface area contributed by atoms with Gasteiger partial charge in [-0.15, -0.1) is 10.2 Å². The Morgan fingerprint density at radius 1 is 1.22 bits per heavy atom. The first-order valence-corrected chi connectivity index (χ1v) is 6.41. The van der Waals surface area contributed by atoms with E-state index in [2.05, 4.69) is 52.9 Å². The molecule has 0 spiro atoms. The molecular weight excluding hydrogens is 224 g/mol. The van der Waals surface area contributed by atoms with Crippen LogP contribution in [0.25, 0.3) is 0 Å². The van der Waals surface area contributed by atoms with Crippen molar-refractivity contribution in [2.45, 2.75) is 39.8 Å². The quantitative estimate of drug-likeness (QED) is 0.875. The number of hydrogen-bond donors (Lipinski definition) is 1. The van der Waals surface area contributed by atoms with E-state index in [1.807, 2.05) is 0 Å². The van der Waals surface area contributed by atoms with Gasteiger partial charge in [-0.2, -0.15) is 0 Å². The van der Waals surface area contributed by atoms with Crippen LogP contribution in [0.3, 0.4) is 0 Å². The topological polar surface area (TPSA) is 56.7 Å². The van der Waals surface area contributed by atoms with E-state index in [-0.39, 0.29) is 0 Å². The second-order valence-corrected chi connectivity index (χ2v) is 4.55. The van der Waals surface area contributed by atoms with Crippen LogP contribution in [0.5, 0.6) is 0 Å². The van der Waals surface area contributed by atoms with Crippen LogP contribution in [0.4, 0.5) is 0 Å². The molecule has 2 rings (SSSR count). The van der Waals surface area contributed by atoms with E-state index in [4.69, 9.17) is 5.73 Å². The molecule has 96 valence electrons. The van der Waals surface area contributed by atoms with Crippen LogP contribution in [-0.2, 0) is 19.5 Å². The Morgan fingerprint density at radius 3 is 2.67 bits per heavy atom. The fraction of sp³-hybridized carbons (Fsp3) is 0.429. The van der Waals surface area contributed by atoms with Gasteiger partial charge in [0.05, 0.1) is 6.54 Å². The van der Waals surface area contributed by atoms with Crippen LogP contribution in [0.15, 0.2) is 24.3 Å². The van der Waals surface area contributed by atoms with Gasteiger partial charge < -0.3 is 10.3 Å². The van der Waals surface area contributed by atoms with Crippen molar-refractivity contribution in [2.24, 2.45) is 5.73 Å². The lowest BCUT2D eigenvalue weighted by Crippen LogP contribution is -2.11. The van der Waals surface area contributed by atoms with Gasteiger partial charge >= 0.3 is 0 Å². The van der Waals surface area contributed by atoms with Gasteiger partial charge in [0, 0.05) is 13.0 Å². The zero-order chi connectivity index (χ0) is 13.0.